The van der Waals surface area contributed by atoms with Gasteiger partial charge in [-0.2, -0.15) is 0 Å². The molecule has 2 aromatic rings. The van der Waals surface area contributed by atoms with E-state index in [2.05, 4.69) is 20.7 Å². The van der Waals surface area contributed by atoms with Crippen molar-refractivity contribution < 1.29 is 12.8 Å². The van der Waals surface area contributed by atoms with Gasteiger partial charge in [-0.1, -0.05) is 24.3 Å². The van der Waals surface area contributed by atoms with Crippen molar-refractivity contribution in [1.82, 2.24) is 4.72 Å². The Kier molecular flexibility index (Phi) is 3.86. The van der Waals surface area contributed by atoms with E-state index in [-0.39, 0.29) is 15.4 Å². The maximum atomic E-state index is 13.1. The Hall–Kier alpha value is -1.24. The number of hydrogen-bond acceptors (Lipinski definition) is 2. The van der Waals surface area contributed by atoms with E-state index in [0.29, 0.717) is 0 Å². The van der Waals surface area contributed by atoms with Crippen molar-refractivity contribution in [3.63, 3.8) is 0 Å². The zero-order valence-corrected chi connectivity index (χ0v) is 13.4. The Morgan fingerprint density at radius 3 is 2.71 bits per heavy atom. The molecule has 0 aromatic heterocycles. The summed E-state index contributed by atoms with van der Waals surface area (Å²) in [5, 5.41) is 0. The molecule has 0 radical (unpaired) electrons. The number of benzene rings is 2. The molecule has 110 valence electrons. The lowest BCUT2D eigenvalue weighted by atomic mass is 10.1. The molecule has 0 aliphatic heterocycles. The third-order valence-electron chi connectivity index (χ3n) is 3.61. The minimum Gasteiger partial charge on any atom is -0.207 e. The van der Waals surface area contributed by atoms with Crippen molar-refractivity contribution in [1.29, 1.82) is 0 Å². The van der Waals surface area contributed by atoms with Crippen LogP contribution in [0.4, 0.5) is 4.39 Å². The molecule has 0 bridgehead atoms. The smallest absolute Gasteiger partial charge is 0.207 e. The van der Waals surface area contributed by atoms with Crippen molar-refractivity contribution in [3.05, 3.63) is 63.9 Å². The number of halogens is 2. The Morgan fingerprint density at radius 2 is 1.95 bits per heavy atom. The molecular weight excluding hydrogens is 357 g/mol. The van der Waals surface area contributed by atoms with Crippen molar-refractivity contribution in [2.24, 2.45) is 0 Å². The van der Waals surface area contributed by atoms with E-state index in [4.69, 9.17) is 0 Å². The Bertz CT molecular complexity index is 792. The largest absolute Gasteiger partial charge is 0.242 e. The lowest BCUT2D eigenvalue weighted by molar-refractivity contribution is 0.553. The molecule has 0 spiro atoms. The first kappa shape index (κ1) is 14.7. The fourth-order valence-corrected chi connectivity index (χ4v) is 4.92. The highest BCUT2D eigenvalue weighted by Crippen LogP contribution is 2.33. The summed E-state index contributed by atoms with van der Waals surface area (Å²) in [5.74, 6) is -0.480. The number of hydrogen-bond donors (Lipinski definition) is 1. The molecule has 3 rings (SSSR count). The van der Waals surface area contributed by atoms with E-state index < -0.39 is 15.8 Å². The number of rotatable bonds is 3. The fraction of sp³-hybridized carbons (Fsp3) is 0.200. The lowest BCUT2D eigenvalue weighted by Crippen LogP contribution is -2.27. The van der Waals surface area contributed by atoms with Crippen LogP contribution in [-0.2, 0) is 16.4 Å². The van der Waals surface area contributed by atoms with Gasteiger partial charge in [-0.05, 0) is 58.1 Å². The van der Waals surface area contributed by atoms with E-state index in [1.807, 2.05) is 24.3 Å². The van der Waals surface area contributed by atoms with E-state index in [1.165, 1.54) is 11.6 Å². The second-order valence-corrected chi connectivity index (χ2v) is 7.52. The van der Waals surface area contributed by atoms with Crippen LogP contribution in [0.5, 0.6) is 0 Å². The summed E-state index contributed by atoms with van der Waals surface area (Å²) in [4.78, 5) is 0.0493. The van der Waals surface area contributed by atoms with Crippen LogP contribution in [0.25, 0.3) is 0 Å². The molecule has 0 saturated carbocycles. The van der Waals surface area contributed by atoms with E-state index >= 15 is 0 Å². The van der Waals surface area contributed by atoms with Gasteiger partial charge < -0.3 is 0 Å². The summed E-state index contributed by atoms with van der Waals surface area (Å²) >= 11 is 3.10. The van der Waals surface area contributed by atoms with Crippen LogP contribution < -0.4 is 4.72 Å². The quantitative estimate of drug-likeness (QED) is 0.898. The third kappa shape index (κ3) is 2.88. The highest BCUT2D eigenvalue weighted by Gasteiger charge is 2.28. The van der Waals surface area contributed by atoms with Gasteiger partial charge in [-0.3, -0.25) is 0 Å². The van der Waals surface area contributed by atoms with Gasteiger partial charge in [0.25, 0.3) is 0 Å². The minimum atomic E-state index is -3.70. The van der Waals surface area contributed by atoms with Crippen molar-refractivity contribution in [2.75, 3.05) is 0 Å². The zero-order chi connectivity index (χ0) is 15.0. The first-order valence-corrected chi connectivity index (χ1v) is 8.80. The molecule has 3 nitrogen and oxygen atoms in total. The van der Waals surface area contributed by atoms with Crippen molar-refractivity contribution >= 4 is 26.0 Å². The fourth-order valence-electron chi connectivity index (χ4n) is 2.62. The monoisotopic (exact) mass is 369 g/mol. The number of aryl methyl sites for hydroxylation is 1. The molecule has 1 aliphatic rings. The molecule has 1 atom stereocenters. The predicted octanol–water partition coefficient (Wildman–Crippen LogP) is 3.55. The molecule has 1 aliphatic carbocycles. The molecule has 1 N–H and O–H groups in total. The van der Waals surface area contributed by atoms with Gasteiger partial charge in [0, 0.05) is 10.5 Å². The Balaban J connectivity index is 1.91. The molecule has 0 fully saturated rings. The Morgan fingerprint density at radius 1 is 1.19 bits per heavy atom. The average molecular weight is 370 g/mol. The molecule has 0 saturated heterocycles. The van der Waals surface area contributed by atoms with E-state index in [0.717, 1.165) is 30.5 Å². The van der Waals surface area contributed by atoms with Crippen LogP contribution >= 0.6 is 15.9 Å². The van der Waals surface area contributed by atoms with Gasteiger partial charge >= 0.3 is 0 Å². The first-order chi connectivity index (χ1) is 9.97. The number of nitrogens with one attached hydrogen (secondary N) is 1. The molecule has 0 heterocycles. The number of sulfonamides is 1. The zero-order valence-electron chi connectivity index (χ0n) is 11.0. The number of fused-ring (bicyclic) bond motifs is 1. The standard InChI is InChI=1S/C15H13BrFNO2S/c16-13-9-11(17)6-8-15(13)21(19,20)18-14-7-5-10-3-1-2-4-12(10)14/h1-4,6,8-9,14,18H,5,7H2. The maximum Gasteiger partial charge on any atom is 0.242 e. The van der Waals surface area contributed by atoms with Gasteiger partial charge in [0.05, 0.1) is 4.90 Å². The molecule has 21 heavy (non-hydrogen) atoms. The van der Waals surface area contributed by atoms with Crippen LogP contribution in [0, 0.1) is 5.82 Å². The second-order valence-electron chi connectivity index (χ2n) is 4.99. The first-order valence-electron chi connectivity index (χ1n) is 6.52. The lowest BCUT2D eigenvalue weighted by Gasteiger charge is -2.15. The third-order valence-corrected chi connectivity index (χ3v) is 6.06. The topological polar surface area (TPSA) is 46.2 Å². The molecule has 0 amide bonds. The van der Waals surface area contributed by atoms with Gasteiger partial charge in [-0.15, -0.1) is 0 Å². The Labute approximate surface area is 131 Å². The molecule has 1 unspecified atom stereocenters. The molecule has 2 aromatic carbocycles. The van der Waals surface area contributed by atoms with Gasteiger partial charge in [0.1, 0.15) is 5.82 Å². The van der Waals surface area contributed by atoms with Crippen LogP contribution in [0.1, 0.15) is 23.6 Å². The van der Waals surface area contributed by atoms with Crippen molar-refractivity contribution in [2.45, 2.75) is 23.8 Å². The minimum absolute atomic E-state index is 0.0493. The summed E-state index contributed by atoms with van der Waals surface area (Å²) in [7, 11) is -3.70. The molecular formula is C15H13BrFNO2S. The summed E-state index contributed by atoms with van der Waals surface area (Å²) in [6.45, 7) is 0. The van der Waals surface area contributed by atoms with Crippen LogP contribution in [0.2, 0.25) is 0 Å². The summed E-state index contributed by atoms with van der Waals surface area (Å²) in [6, 6.07) is 11.1. The van der Waals surface area contributed by atoms with Crippen molar-refractivity contribution in [3.8, 4) is 0 Å². The second kappa shape index (κ2) is 5.51. The normalized spacial score (nSPS) is 17.7. The molecule has 6 heteroatoms. The maximum absolute atomic E-state index is 13.1. The highest BCUT2D eigenvalue weighted by molar-refractivity contribution is 9.10. The SMILES string of the molecule is O=S(=O)(NC1CCc2ccccc21)c1ccc(F)cc1Br. The van der Waals surface area contributed by atoms with Gasteiger partial charge in [0.15, 0.2) is 0 Å². The van der Waals surface area contributed by atoms with E-state index in [1.54, 1.807) is 0 Å². The summed E-state index contributed by atoms with van der Waals surface area (Å²) < 4.78 is 41.0. The van der Waals surface area contributed by atoms with E-state index in [9.17, 15) is 12.8 Å². The highest BCUT2D eigenvalue weighted by atomic mass is 79.9. The van der Waals surface area contributed by atoms with Crippen LogP contribution in [-0.4, -0.2) is 8.42 Å². The predicted molar refractivity (Wildman–Crippen MR) is 81.9 cm³/mol. The summed E-state index contributed by atoms with van der Waals surface area (Å²) in [5.41, 5.74) is 2.18. The van der Waals surface area contributed by atoms with Gasteiger partial charge in [-0.25, -0.2) is 17.5 Å². The van der Waals surface area contributed by atoms with Crippen LogP contribution in [0.3, 0.4) is 0 Å². The average Bonchev–Trinajstić information content (AvgIpc) is 2.81. The van der Waals surface area contributed by atoms with Crippen LogP contribution in [0.15, 0.2) is 51.8 Å². The van der Waals surface area contributed by atoms with Gasteiger partial charge in [0.2, 0.25) is 10.0 Å². The summed E-state index contributed by atoms with van der Waals surface area (Å²) in [6.07, 6.45) is 1.59.